The minimum Gasteiger partial charge on any atom is -0.339 e. The maximum absolute atomic E-state index is 13.6. The molecule has 3 nitrogen and oxygen atoms in total. The van der Waals surface area contributed by atoms with Gasteiger partial charge in [-0.15, -0.1) is 11.8 Å². The molecule has 0 radical (unpaired) electrons. The highest BCUT2D eigenvalue weighted by atomic mass is 32.2. The number of hydrogen-bond donors (Lipinski definition) is 0. The summed E-state index contributed by atoms with van der Waals surface area (Å²) in [5.41, 5.74) is 0. The second-order valence-corrected chi connectivity index (χ2v) is 6.33. The van der Waals surface area contributed by atoms with Crippen LogP contribution in [0.15, 0.2) is 29.2 Å². The van der Waals surface area contributed by atoms with E-state index in [1.807, 2.05) is 11.8 Å². The number of likely N-dealkylation sites (N-methyl/N-ethyl adjacent to an activating group) is 1. The molecule has 1 aromatic rings. The van der Waals surface area contributed by atoms with E-state index in [0.717, 1.165) is 32.7 Å². The van der Waals surface area contributed by atoms with Crippen molar-refractivity contribution in [3.8, 4) is 0 Å². The van der Waals surface area contributed by atoms with Crippen LogP contribution in [0.2, 0.25) is 0 Å². The second-order valence-electron chi connectivity index (χ2n) is 4.95. The van der Waals surface area contributed by atoms with Gasteiger partial charge in [0.05, 0.1) is 5.25 Å². The normalized spacial score (nSPS) is 18.1. The first kappa shape index (κ1) is 15.3. The molecule has 0 bridgehead atoms. The number of halogens is 1. The summed E-state index contributed by atoms with van der Waals surface area (Å²) >= 11 is 1.30. The zero-order chi connectivity index (χ0) is 14.5. The Hall–Kier alpha value is -1.07. The largest absolute Gasteiger partial charge is 0.339 e. The van der Waals surface area contributed by atoms with Crippen LogP contribution in [0.3, 0.4) is 0 Å². The summed E-state index contributed by atoms with van der Waals surface area (Å²) in [6, 6.07) is 6.61. The summed E-state index contributed by atoms with van der Waals surface area (Å²) in [5.74, 6) is -0.151. The van der Waals surface area contributed by atoms with E-state index in [1.165, 1.54) is 17.8 Å². The average Bonchev–Trinajstić information content (AvgIpc) is 2.49. The Bertz CT molecular complexity index is 461. The summed E-state index contributed by atoms with van der Waals surface area (Å²) in [6.45, 7) is 8.42. The molecule has 0 saturated carbocycles. The maximum atomic E-state index is 13.6. The number of benzene rings is 1. The van der Waals surface area contributed by atoms with Gasteiger partial charge in [-0.3, -0.25) is 4.79 Å². The number of amides is 1. The van der Waals surface area contributed by atoms with Crippen molar-refractivity contribution in [2.24, 2.45) is 0 Å². The summed E-state index contributed by atoms with van der Waals surface area (Å²) < 4.78 is 13.6. The zero-order valence-electron chi connectivity index (χ0n) is 12.0. The van der Waals surface area contributed by atoms with Crippen LogP contribution >= 0.6 is 11.8 Å². The number of carbonyl (C=O) groups excluding carboxylic acids is 1. The zero-order valence-corrected chi connectivity index (χ0v) is 12.8. The lowest BCUT2D eigenvalue weighted by Gasteiger charge is -2.35. The second kappa shape index (κ2) is 7.09. The first-order valence-corrected chi connectivity index (χ1v) is 7.92. The maximum Gasteiger partial charge on any atom is 0.235 e. The van der Waals surface area contributed by atoms with Gasteiger partial charge < -0.3 is 9.80 Å². The average molecular weight is 296 g/mol. The molecule has 1 amide bonds. The SMILES string of the molecule is CCN1CCN(C(=O)C(C)Sc2ccccc2F)CC1. The number of piperazine rings is 1. The highest BCUT2D eigenvalue weighted by Crippen LogP contribution is 2.27. The van der Waals surface area contributed by atoms with E-state index in [9.17, 15) is 9.18 Å². The molecule has 0 N–H and O–H groups in total. The highest BCUT2D eigenvalue weighted by Gasteiger charge is 2.25. The van der Waals surface area contributed by atoms with E-state index in [2.05, 4.69) is 11.8 Å². The van der Waals surface area contributed by atoms with Gasteiger partial charge in [0.1, 0.15) is 5.82 Å². The van der Waals surface area contributed by atoms with Gasteiger partial charge in [0, 0.05) is 31.1 Å². The number of carbonyl (C=O) groups is 1. The molecule has 0 aromatic heterocycles. The van der Waals surface area contributed by atoms with Gasteiger partial charge in [-0.2, -0.15) is 0 Å². The van der Waals surface area contributed by atoms with Crippen molar-refractivity contribution < 1.29 is 9.18 Å². The molecule has 1 aliphatic heterocycles. The fraction of sp³-hybridized carbons (Fsp3) is 0.533. The number of thioether (sulfide) groups is 1. The molecule has 0 spiro atoms. The molecular weight excluding hydrogens is 275 g/mol. The molecule has 1 aliphatic rings. The van der Waals surface area contributed by atoms with Gasteiger partial charge in [-0.05, 0) is 25.6 Å². The first-order chi connectivity index (χ1) is 9.61. The van der Waals surface area contributed by atoms with E-state index < -0.39 is 0 Å². The molecule has 1 saturated heterocycles. The standard InChI is InChI=1S/C15H21FN2OS/c1-3-17-8-10-18(11-9-17)15(19)12(2)20-14-7-5-4-6-13(14)16/h4-7,12H,3,8-11H2,1-2H3. The summed E-state index contributed by atoms with van der Waals surface area (Å²) in [5, 5.41) is -0.250. The minimum absolute atomic E-state index is 0.106. The fourth-order valence-corrected chi connectivity index (χ4v) is 3.29. The Labute approximate surface area is 124 Å². The van der Waals surface area contributed by atoms with Crippen LogP contribution in [0.1, 0.15) is 13.8 Å². The molecule has 1 heterocycles. The minimum atomic E-state index is -0.257. The summed E-state index contributed by atoms with van der Waals surface area (Å²) in [4.78, 5) is 17.1. The Morgan fingerprint density at radius 1 is 1.30 bits per heavy atom. The third-order valence-corrected chi connectivity index (χ3v) is 4.76. The molecule has 0 aliphatic carbocycles. The predicted octanol–water partition coefficient (Wildman–Crippen LogP) is 2.47. The smallest absolute Gasteiger partial charge is 0.235 e. The van der Waals surface area contributed by atoms with Crippen LogP contribution in [-0.4, -0.2) is 53.7 Å². The molecule has 5 heteroatoms. The van der Waals surface area contributed by atoms with Crippen molar-refractivity contribution >= 4 is 17.7 Å². The topological polar surface area (TPSA) is 23.6 Å². The molecule has 110 valence electrons. The van der Waals surface area contributed by atoms with Crippen LogP contribution in [-0.2, 0) is 4.79 Å². The Morgan fingerprint density at radius 3 is 2.55 bits per heavy atom. The van der Waals surface area contributed by atoms with Crippen molar-refractivity contribution in [2.45, 2.75) is 24.0 Å². The van der Waals surface area contributed by atoms with Crippen LogP contribution in [0.4, 0.5) is 4.39 Å². The molecule has 1 fully saturated rings. The predicted molar refractivity (Wildman–Crippen MR) is 80.4 cm³/mol. The van der Waals surface area contributed by atoms with Crippen LogP contribution in [0.25, 0.3) is 0 Å². The fourth-order valence-electron chi connectivity index (χ4n) is 2.32. The van der Waals surface area contributed by atoms with E-state index in [-0.39, 0.29) is 17.0 Å². The van der Waals surface area contributed by atoms with Gasteiger partial charge in [0.15, 0.2) is 0 Å². The van der Waals surface area contributed by atoms with Crippen LogP contribution in [0.5, 0.6) is 0 Å². The quantitative estimate of drug-likeness (QED) is 0.798. The van der Waals surface area contributed by atoms with E-state index in [1.54, 1.807) is 18.2 Å². The van der Waals surface area contributed by atoms with Gasteiger partial charge in [0.2, 0.25) is 5.91 Å². The molecule has 1 atom stereocenters. The lowest BCUT2D eigenvalue weighted by Crippen LogP contribution is -2.50. The first-order valence-electron chi connectivity index (χ1n) is 7.04. The van der Waals surface area contributed by atoms with Crippen molar-refractivity contribution in [2.75, 3.05) is 32.7 Å². The van der Waals surface area contributed by atoms with E-state index in [0.29, 0.717) is 4.90 Å². The van der Waals surface area contributed by atoms with Crippen molar-refractivity contribution in [3.05, 3.63) is 30.1 Å². The van der Waals surface area contributed by atoms with Gasteiger partial charge in [-0.25, -0.2) is 4.39 Å². The van der Waals surface area contributed by atoms with Gasteiger partial charge in [-0.1, -0.05) is 19.1 Å². The van der Waals surface area contributed by atoms with Crippen LogP contribution in [0, 0.1) is 5.82 Å². The van der Waals surface area contributed by atoms with Crippen LogP contribution < -0.4 is 0 Å². The number of hydrogen-bond acceptors (Lipinski definition) is 3. The van der Waals surface area contributed by atoms with Crippen molar-refractivity contribution in [3.63, 3.8) is 0 Å². The third-order valence-electron chi connectivity index (χ3n) is 3.62. The lowest BCUT2D eigenvalue weighted by atomic mass is 10.3. The Balaban J connectivity index is 1.91. The molecule has 20 heavy (non-hydrogen) atoms. The van der Waals surface area contributed by atoms with E-state index >= 15 is 0 Å². The van der Waals surface area contributed by atoms with Crippen molar-refractivity contribution in [1.29, 1.82) is 0 Å². The molecule has 2 rings (SSSR count). The monoisotopic (exact) mass is 296 g/mol. The van der Waals surface area contributed by atoms with Gasteiger partial charge in [0.25, 0.3) is 0 Å². The van der Waals surface area contributed by atoms with E-state index in [4.69, 9.17) is 0 Å². The summed E-state index contributed by atoms with van der Waals surface area (Å²) in [7, 11) is 0. The lowest BCUT2D eigenvalue weighted by molar-refractivity contribution is -0.132. The molecule has 1 unspecified atom stereocenters. The Kier molecular flexibility index (Phi) is 5.43. The van der Waals surface area contributed by atoms with Crippen molar-refractivity contribution in [1.82, 2.24) is 9.80 Å². The molecule has 1 aromatic carbocycles. The molecular formula is C15H21FN2OS. The highest BCUT2D eigenvalue weighted by molar-refractivity contribution is 8.00. The third kappa shape index (κ3) is 3.73. The number of nitrogens with zero attached hydrogens (tertiary/aromatic N) is 2. The Morgan fingerprint density at radius 2 is 1.95 bits per heavy atom. The van der Waals surface area contributed by atoms with Gasteiger partial charge >= 0.3 is 0 Å². The summed E-state index contributed by atoms with van der Waals surface area (Å²) in [6.07, 6.45) is 0. The number of rotatable bonds is 4.